The number of thiophene rings is 1. The zero-order valence-electron chi connectivity index (χ0n) is 12.8. The lowest BCUT2D eigenvalue weighted by Gasteiger charge is -2.02. The van der Waals surface area contributed by atoms with Gasteiger partial charge in [-0.2, -0.15) is 0 Å². The van der Waals surface area contributed by atoms with Gasteiger partial charge >= 0.3 is 0 Å². The number of methoxy groups -OCH3 is 1. The van der Waals surface area contributed by atoms with Crippen LogP contribution >= 0.6 is 22.7 Å². The Morgan fingerprint density at radius 1 is 1.26 bits per heavy atom. The van der Waals surface area contributed by atoms with E-state index in [0.29, 0.717) is 11.6 Å². The molecule has 1 aromatic carbocycles. The molecule has 0 unspecified atom stereocenters. The quantitative estimate of drug-likeness (QED) is 0.748. The van der Waals surface area contributed by atoms with E-state index in [9.17, 15) is 4.79 Å². The van der Waals surface area contributed by atoms with Crippen molar-refractivity contribution in [3.63, 3.8) is 0 Å². The average molecular weight is 344 g/mol. The van der Waals surface area contributed by atoms with Gasteiger partial charge in [0.05, 0.1) is 19.2 Å². The Labute approximate surface area is 142 Å². The van der Waals surface area contributed by atoms with Crippen LogP contribution in [0.2, 0.25) is 0 Å². The van der Waals surface area contributed by atoms with Crippen molar-refractivity contribution in [3.8, 4) is 17.0 Å². The minimum Gasteiger partial charge on any atom is -0.497 e. The number of ether oxygens (including phenoxy) is 1. The number of nitrogens with zero attached hydrogens (tertiary/aromatic N) is 1. The summed E-state index contributed by atoms with van der Waals surface area (Å²) in [6, 6.07) is 11.7. The van der Waals surface area contributed by atoms with E-state index in [0.717, 1.165) is 26.8 Å². The highest BCUT2D eigenvalue weighted by Crippen LogP contribution is 2.31. The average Bonchev–Trinajstić information content (AvgIpc) is 3.17. The highest BCUT2D eigenvalue weighted by Gasteiger charge is 2.12. The maximum atomic E-state index is 12.1. The Hall–Kier alpha value is -2.18. The van der Waals surface area contributed by atoms with E-state index in [-0.39, 0.29) is 5.91 Å². The molecular weight excluding hydrogens is 328 g/mol. The molecule has 0 radical (unpaired) electrons. The van der Waals surface area contributed by atoms with E-state index in [1.807, 2.05) is 48.7 Å². The molecule has 1 amide bonds. The molecule has 0 aliphatic carbocycles. The SMILES string of the molecule is COc1ccc(-c2nc(NC(=O)Cc3cccs3)sc2C)cc1. The van der Waals surface area contributed by atoms with Crippen LogP contribution in [0.25, 0.3) is 11.3 Å². The number of anilines is 1. The topological polar surface area (TPSA) is 51.2 Å². The lowest BCUT2D eigenvalue weighted by Crippen LogP contribution is -2.13. The predicted molar refractivity (Wildman–Crippen MR) is 95.5 cm³/mol. The summed E-state index contributed by atoms with van der Waals surface area (Å²) in [5, 5.41) is 5.49. The molecule has 0 saturated carbocycles. The number of nitrogens with one attached hydrogen (secondary N) is 1. The largest absolute Gasteiger partial charge is 0.497 e. The second-order valence-electron chi connectivity index (χ2n) is 4.96. The molecular formula is C17H16N2O2S2. The first-order chi connectivity index (χ1) is 11.2. The van der Waals surface area contributed by atoms with Gasteiger partial charge in [0.15, 0.2) is 5.13 Å². The van der Waals surface area contributed by atoms with E-state index in [4.69, 9.17) is 4.74 Å². The standard InChI is InChI=1S/C17H16N2O2S2/c1-11-16(12-5-7-13(21-2)8-6-12)19-17(23-11)18-15(20)10-14-4-3-9-22-14/h3-9H,10H2,1-2H3,(H,18,19,20). The molecule has 2 heterocycles. The number of hydrogen-bond acceptors (Lipinski definition) is 5. The smallest absolute Gasteiger partial charge is 0.231 e. The number of aryl methyl sites for hydroxylation is 1. The number of carbonyl (C=O) groups excluding carboxylic acids is 1. The molecule has 3 rings (SSSR count). The maximum absolute atomic E-state index is 12.1. The van der Waals surface area contributed by atoms with Crippen LogP contribution in [0, 0.1) is 6.92 Å². The van der Waals surface area contributed by atoms with E-state index in [1.165, 1.54) is 11.3 Å². The highest BCUT2D eigenvalue weighted by molar-refractivity contribution is 7.16. The summed E-state index contributed by atoms with van der Waals surface area (Å²) in [5.41, 5.74) is 1.90. The van der Waals surface area contributed by atoms with Crippen molar-refractivity contribution in [3.05, 3.63) is 51.5 Å². The molecule has 4 nitrogen and oxygen atoms in total. The Bertz CT molecular complexity index is 793. The Morgan fingerprint density at radius 3 is 2.70 bits per heavy atom. The number of benzene rings is 1. The van der Waals surface area contributed by atoms with Crippen LogP contribution in [0.3, 0.4) is 0 Å². The number of carbonyl (C=O) groups is 1. The second kappa shape index (κ2) is 6.93. The number of aromatic nitrogens is 1. The van der Waals surface area contributed by atoms with Gasteiger partial charge in [-0.1, -0.05) is 6.07 Å². The molecule has 0 fully saturated rings. The van der Waals surface area contributed by atoms with Crippen LogP contribution in [0.4, 0.5) is 5.13 Å². The zero-order valence-corrected chi connectivity index (χ0v) is 14.5. The predicted octanol–water partition coefficient (Wildman–Crippen LogP) is 4.37. The maximum Gasteiger partial charge on any atom is 0.231 e. The fourth-order valence-corrected chi connectivity index (χ4v) is 3.76. The van der Waals surface area contributed by atoms with Crippen LogP contribution in [0.1, 0.15) is 9.75 Å². The molecule has 23 heavy (non-hydrogen) atoms. The van der Waals surface area contributed by atoms with Crippen molar-refractivity contribution in [1.82, 2.24) is 4.98 Å². The van der Waals surface area contributed by atoms with Gasteiger partial charge in [-0.05, 0) is 42.6 Å². The van der Waals surface area contributed by atoms with E-state index in [1.54, 1.807) is 18.4 Å². The van der Waals surface area contributed by atoms with Gasteiger partial charge in [0, 0.05) is 15.3 Å². The van der Waals surface area contributed by atoms with Crippen LogP contribution in [0.5, 0.6) is 5.75 Å². The molecule has 0 aliphatic heterocycles. The van der Waals surface area contributed by atoms with Gasteiger partial charge in [-0.15, -0.1) is 22.7 Å². The normalized spacial score (nSPS) is 10.5. The summed E-state index contributed by atoms with van der Waals surface area (Å²) in [5.74, 6) is 0.772. The summed E-state index contributed by atoms with van der Waals surface area (Å²) >= 11 is 3.07. The van der Waals surface area contributed by atoms with E-state index < -0.39 is 0 Å². The molecule has 0 atom stereocenters. The minimum atomic E-state index is -0.0394. The zero-order chi connectivity index (χ0) is 16.2. The Balaban J connectivity index is 1.73. The van der Waals surface area contributed by atoms with Crippen LogP contribution in [0.15, 0.2) is 41.8 Å². The molecule has 2 aromatic heterocycles. The third-order valence-corrected chi connectivity index (χ3v) is 5.08. The van der Waals surface area contributed by atoms with E-state index >= 15 is 0 Å². The number of hydrogen-bond donors (Lipinski definition) is 1. The molecule has 1 N–H and O–H groups in total. The third-order valence-electron chi connectivity index (χ3n) is 3.32. The number of amides is 1. The van der Waals surface area contributed by atoms with Crippen LogP contribution in [-0.4, -0.2) is 18.0 Å². The molecule has 0 bridgehead atoms. The first-order valence-corrected chi connectivity index (χ1v) is 8.79. The lowest BCUT2D eigenvalue weighted by molar-refractivity contribution is -0.115. The fourth-order valence-electron chi connectivity index (χ4n) is 2.20. The lowest BCUT2D eigenvalue weighted by atomic mass is 10.1. The molecule has 6 heteroatoms. The Kier molecular flexibility index (Phi) is 4.73. The second-order valence-corrected chi connectivity index (χ2v) is 7.19. The van der Waals surface area contributed by atoms with Crippen molar-refractivity contribution in [2.24, 2.45) is 0 Å². The van der Waals surface area contributed by atoms with Crippen molar-refractivity contribution < 1.29 is 9.53 Å². The monoisotopic (exact) mass is 344 g/mol. The van der Waals surface area contributed by atoms with Gasteiger partial charge in [0.2, 0.25) is 5.91 Å². The van der Waals surface area contributed by atoms with Crippen molar-refractivity contribution >= 4 is 33.7 Å². The highest BCUT2D eigenvalue weighted by atomic mass is 32.1. The van der Waals surface area contributed by atoms with Crippen molar-refractivity contribution in [1.29, 1.82) is 0 Å². The third kappa shape index (κ3) is 3.78. The first kappa shape index (κ1) is 15.7. The molecule has 0 spiro atoms. The Morgan fingerprint density at radius 2 is 2.04 bits per heavy atom. The molecule has 3 aromatic rings. The van der Waals surface area contributed by atoms with Gasteiger partial charge in [0.25, 0.3) is 0 Å². The van der Waals surface area contributed by atoms with Crippen molar-refractivity contribution in [2.45, 2.75) is 13.3 Å². The summed E-state index contributed by atoms with van der Waals surface area (Å²) in [6.07, 6.45) is 0.383. The molecule has 0 saturated heterocycles. The number of thiazole rings is 1. The molecule has 118 valence electrons. The van der Waals surface area contributed by atoms with Crippen LogP contribution in [-0.2, 0) is 11.2 Å². The first-order valence-electron chi connectivity index (χ1n) is 7.10. The van der Waals surface area contributed by atoms with Gasteiger partial charge in [-0.3, -0.25) is 4.79 Å². The van der Waals surface area contributed by atoms with Crippen LogP contribution < -0.4 is 10.1 Å². The summed E-state index contributed by atoms with van der Waals surface area (Å²) in [4.78, 5) is 18.7. The van der Waals surface area contributed by atoms with Gasteiger partial charge < -0.3 is 10.1 Å². The molecule has 0 aliphatic rings. The number of rotatable bonds is 5. The van der Waals surface area contributed by atoms with E-state index in [2.05, 4.69) is 10.3 Å². The summed E-state index contributed by atoms with van der Waals surface area (Å²) in [7, 11) is 1.64. The summed E-state index contributed by atoms with van der Waals surface area (Å²) < 4.78 is 5.17. The van der Waals surface area contributed by atoms with Gasteiger partial charge in [-0.25, -0.2) is 4.98 Å². The van der Waals surface area contributed by atoms with Gasteiger partial charge in [0.1, 0.15) is 5.75 Å². The van der Waals surface area contributed by atoms with Crippen molar-refractivity contribution in [2.75, 3.05) is 12.4 Å². The minimum absolute atomic E-state index is 0.0394. The fraction of sp³-hybridized carbons (Fsp3) is 0.176. The summed E-state index contributed by atoms with van der Waals surface area (Å²) in [6.45, 7) is 2.01.